The largest absolute Gasteiger partial charge is 0.507 e. The molecule has 1 atom stereocenters. The van der Waals surface area contributed by atoms with Crippen molar-refractivity contribution in [2.75, 3.05) is 39.8 Å². The Hall–Kier alpha value is -3.48. The number of hydrogen-bond acceptors (Lipinski definition) is 6. The Balaban J connectivity index is 2.16. The maximum absolute atomic E-state index is 13.2. The van der Waals surface area contributed by atoms with Gasteiger partial charge in [0, 0.05) is 32.4 Å². The third kappa shape index (κ3) is 4.82. The van der Waals surface area contributed by atoms with Crippen molar-refractivity contribution in [2.24, 2.45) is 0 Å². The predicted octanol–water partition coefficient (Wildman–Crippen LogP) is 4.38. The molecule has 1 saturated heterocycles. The Bertz CT molecular complexity index is 1040. The van der Waals surface area contributed by atoms with Crippen molar-refractivity contribution in [2.45, 2.75) is 32.2 Å². The van der Waals surface area contributed by atoms with E-state index < -0.39 is 17.7 Å². The summed E-state index contributed by atoms with van der Waals surface area (Å²) in [5, 5.41) is 11.3. The number of anilines is 1. The number of carbonyl (C=O) groups excluding carboxylic acids is 2. The van der Waals surface area contributed by atoms with Crippen LogP contribution in [-0.2, 0) is 9.59 Å². The number of aliphatic hydroxyl groups is 1. The van der Waals surface area contributed by atoms with E-state index in [0.717, 1.165) is 30.5 Å². The highest BCUT2D eigenvalue weighted by Crippen LogP contribution is 2.42. The first-order valence-corrected chi connectivity index (χ1v) is 11.1. The van der Waals surface area contributed by atoms with Crippen molar-refractivity contribution in [3.05, 3.63) is 59.2 Å². The van der Waals surface area contributed by atoms with E-state index in [0.29, 0.717) is 23.6 Å². The van der Waals surface area contributed by atoms with Crippen molar-refractivity contribution in [3.63, 3.8) is 0 Å². The van der Waals surface area contributed by atoms with Crippen LogP contribution >= 0.6 is 0 Å². The summed E-state index contributed by atoms with van der Waals surface area (Å²) >= 11 is 0. The Kier molecular flexibility index (Phi) is 7.63. The fourth-order valence-corrected chi connectivity index (χ4v) is 4.08. The molecule has 0 aromatic heterocycles. The third-order valence-electron chi connectivity index (χ3n) is 5.93. The SMILES string of the molecule is CCCCCN1C(=O)C(=O)/C(=C(\O)c2ccc(OC)cc2OC)C1c1ccc(N(C)C)cc1. The van der Waals surface area contributed by atoms with Gasteiger partial charge in [-0.2, -0.15) is 0 Å². The molecule has 1 amide bonds. The molecule has 1 aliphatic rings. The lowest BCUT2D eigenvalue weighted by molar-refractivity contribution is -0.139. The van der Waals surface area contributed by atoms with E-state index in [2.05, 4.69) is 6.92 Å². The van der Waals surface area contributed by atoms with Gasteiger partial charge < -0.3 is 24.4 Å². The average molecular weight is 453 g/mol. The number of carbonyl (C=O) groups is 2. The van der Waals surface area contributed by atoms with Gasteiger partial charge in [0.15, 0.2) is 0 Å². The highest BCUT2D eigenvalue weighted by Gasteiger charge is 2.46. The summed E-state index contributed by atoms with van der Waals surface area (Å²) < 4.78 is 10.7. The molecule has 7 nitrogen and oxygen atoms in total. The summed E-state index contributed by atoms with van der Waals surface area (Å²) in [5.41, 5.74) is 2.17. The lowest BCUT2D eigenvalue weighted by Crippen LogP contribution is -2.30. The van der Waals surface area contributed by atoms with Crippen LogP contribution in [0.4, 0.5) is 5.69 Å². The van der Waals surface area contributed by atoms with Crippen LogP contribution in [0.1, 0.15) is 43.4 Å². The van der Waals surface area contributed by atoms with Crippen LogP contribution in [0.5, 0.6) is 11.5 Å². The van der Waals surface area contributed by atoms with Gasteiger partial charge in [-0.15, -0.1) is 0 Å². The Labute approximate surface area is 195 Å². The molecule has 2 aromatic carbocycles. The van der Waals surface area contributed by atoms with Gasteiger partial charge in [0.2, 0.25) is 0 Å². The second-order valence-electron chi connectivity index (χ2n) is 8.25. The van der Waals surface area contributed by atoms with Gasteiger partial charge in [-0.3, -0.25) is 9.59 Å². The number of ketones is 1. The minimum Gasteiger partial charge on any atom is -0.507 e. The standard InChI is InChI=1S/C26H32N2O5/c1-6-7-8-15-28-23(17-9-11-18(12-10-17)27(2)3)22(25(30)26(28)31)24(29)20-14-13-19(32-4)16-21(20)33-5/h9-14,16,23,29H,6-8,15H2,1-5H3/b24-22-. The monoisotopic (exact) mass is 452 g/mol. The number of aliphatic hydroxyl groups excluding tert-OH is 1. The number of rotatable bonds is 9. The molecule has 0 saturated carbocycles. The second-order valence-corrected chi connectivity index (χ2v) is 8.25. The number of benzene rings is 2. The normalized spacial score (nSPS) is 17.4. The molecule has 1 fully saturated rings. The van der Waals surface area contributed by atoms with Crippen LogP contribution in [-0.4, -0.2) is 56.6 Å². The first-order valence-electron chi connectivity index (χ1n) is 11.1. The molecule has 7 heteroatoms. The first kappa shape index (κ1) is 24.2. The zero-order valence-electron chi connectivity index (χ0n) is 19.9. The number of nitrogens with zero attached hydrogens (tertiary/aromatic N) is 2. The zero-order chi connectivity index (χ0) is 24.1. The number of methoxy groups -OCH3 is 2. The fourth-order valence-electron chi connectivity index (χ4n) is 4.08. The molecular formula is C26H32N2O5. The topological polar surface area (TPSA) is 79.3 Å². The summed E-state index contributed by atoms with van der Waals surface area (Å²) in [6, 6.07) is 11.9. The van der Waals surface area contributed by atoms with E-state index in [4.69, 9.17) is 9.47 Å². The molecule has 0 aliphatic carbocycles. The van der Waals surface area contributed by atoms with Crippen molar-refractivity contribution in [1.82, 2.24) is 4.90 Å². The smallest absolute Gasteiger partial charge is 0.295 e. The van der Waals surface area contributed by atoms with Gasteiger partial charge in [0.25, 0.3) is 11.7 Å². The van der Waals surface area contributed by atoms with Crippen molar-refractivity contribution in [3.8, 4) is 11.5 Å². The summed E-state index contributed by atoms with van der Waals surface area (Å²) in [5.74, 6) is -0.636. The molecule has 0 spiro atoms. The molecule has 33 heavy (non-hydrogen) atoms. The van der Waals surface area contributed by atoms with E-state index >= 15 is 0 Å². The molecule has 1 unspecified atom stereocenters. The summed E-state index contributed by atoms with van der Waals surface area (Å²) in [7, 11) is 6.91. The van der Waals surface area contributed by atoms with Crippen molar-refractivity contribution in [1.29, 1.82) is 0 Å². The van der Waals surface area contributed by atoms with Crippen LogP contribution in [0.25, 0.3) is 5.76 Å². The molecule has 2 aromatic rings. The van der Waals surface area contributed by atoms with Gasteiger partial charge in [0.05, 0.1) is 31.4 Å². The Morgan fingerprint density at radius 2 is 1.73 bits per heavy atom. The first-order chi connectivity index (χ1) is 15.8. The number of likely N-dealkylation sites (tertiary alicyclic amines) is 1. The number of unbranched alkanes of at least 4 members (excludes halogenated alkanes) is 2. The minimum atomic E-state index is -0.691. The average Bonchev–Trinajstić information content (AvgIpc) is 3.08. The quantitative estimate of drug-likeness (QED) is 0.263. The second kappa shape index (κ2) is 10.4. The summed E-state index contributed by atoms with van der Waals surface area (Å²) in [6.45, 7) is 2.52. The highest BCUT2D eigenvalue weighted by molar-refractivity contribution is 6.46. The Morgan fingerprint density at radius 1 is 1.03 bits per heavy atom. The van der Waals surface area contributed by atoms with E-state index in [-0.39, 0.29) is 11.3 Å². The van der Waals surface area contributed by atoms with Crippen LogP contribution < -0.4 is 14.4 Å². The molecule has 176 valence electrons. The number of ether oxygens (including phenoxy) is 2. The lowest BCUT2D eigenvalue weighted by atomic mass is 9.94. The van der Waals surface area contributed by atoms with Crippen LogP contribution in [0.2, 0.25) is 0 Å². The fraction of sp³-hybridized carbons (Fsp3) is 0.385. The van der Waals surface area contributed by atoms with Crippen LogP contribution in [0, 0.1) is 0 Å². The number of Topliss-reactive ketones (excluding diaryl/α,β-unsaturated/α-hetero) is 1. The summed E-state index contributed by atoms with van der Waals surface area (Å²) in [4.78, 5) is 29.7. The molecule has 1 aliphatic heterocycles. The number of hydrogen-bond donors (Lipinski definition) is 1. The van der Waals surface area contributed by atoms with Crippen molar-refractivity contribution < 1.29 is 24.2 Å². The third-order valence-corrected chi connectivity index (χ3v) is 5.93. The van der Waals surface area contributed by atoms with E-state index in [9.17, 15) is 14.7 Å². The molecular weight excluding hydrogens is 420 g/mol. The van der Waals surface area contributed by atoms with E-state index in [1.165, 1.54) is 14.2 Å². The van der Waals surface area contributed by atoms with Crippen molar-refractivity contribution >= 4 is 23.1 Å². The van der Waals surface area contributed by atoms with E-state index in [1.807, 2.05) is 43.3 Å². The van der Waals surface area contributed by atoms with Gasteiger partial charge in [-0.05, 0) is 36.2 Å². The van der Waals surface area contributed by atoms with Crippen LogP contribution in [0.3, 0.4) is 0 Å². The number of amides is 1. The lowest BCUT2D eigenvalue weighted by Gasteiger charge is -2.26. The van der Waals surface area contributed by atoms with Gasteiger partial charge in [0.1, 0.15) is 17.3 Å². The van der Waals surface area contributed by atoms with E-state index in [1.54, 1.807) is 23.1 Å². The predicted molar refractivity (Wildman–Crippen MR) is 129 cm³/mol. The van der Waals surface area contributed by atoms with Crippen LogP contribution in [0.15, 0.2) is 48.0 Å². The molecule has 0 bridgehead atoms. The summed E-state index contributed by atoms with van der Waals surface area (Å²) in [6.07, 6.45) is 2.72. The molecule has 3 rings (SSSR count). The maximum atomic E-state index is 13.2. The molecule has 1 heterocycles. The highest BCUT2D eigenvalue weighted by atomic mass is 16.5. The zero-order valence-corrected chi connectivity index (χ0v) is 19.9. The van der Waals surface area contributed by atoms with Gasteiger partial charge >= 0.3 is 0 Å². The van der Waals surface area contributed by atoms with Gasteiger partial charge in [-0.25, -0.2) is 0 Å². The molecule has 1 N–H and O–H groups in total. The Morgan fingerprint density at radius 3 is 2.30 bits per heavy atom. The maximum Gasteiger partial charge on any atom is 0.295 e. The minimum absolute atomic E-state index is 0.0672. The molecule has 0 radical (unpaired) electrons. The van der Waals surface area contributed by atoms with Gasteiger partial charge in [-0.1, -0.05) is 31.9 Å².